The molecule has 3 N–H and O–H groups in total. The maximum Gasteiger partial charge on any atom is 0.336 e. The second-order valence-corrected chi connectivity index (χ2v) is 4.41. The summed E-state index contributed by atoms with van der Waals surface area (Å²) in [5.41, 5.74) is 1.84. The Kier molecular flexibility index (Phi) is 3.89. The monoisotopic (exact) mass is 275 g/mol. The molecule has 0 saturated heterocycles. The fourth-order valence-electron chi connectivity index (χ4n) is 1.94. The number of aromatic carboxylic acids is 1. The van der Waals surface area contributed by atoms with Gasteiger partial charge in [0.25, 0.3) is 0 Å². The Balaban J connectivity index is 2.21. The van der Waals surface area contributed by atoms with Crippen molar-refractivity contribution in [3.8, 4) is 5.75 Å². The van der Waals surface area contributed by atoms with E-state index in [4.69, 9.17) is 5.11 Å². The Morgan fingerprint density at radius 3 is 2.75 bits per heavy atom. The average Bonchev–Trinajstić information content (AvgIpc) is 2.41. The molecule has 4 nitrogen and oxygen atoms in total. The molecule has 0 heterocycles. The number of anilines is 1. The molecule has 0 atom stereocenters. The lowest BCUT2D eigenvalue weighted by molar-refractivity contribution is 0.0696. The molecule has 0 aliphatic carbocycles. The van der Waals surface area contributed by atoms with Gasteiger partial charge in [-0.05, 0) is 42.8 Å². The van der Waals surface area contributed by atoms with E-state index in [-0.39, 0.29) is 17.9 Å². The lowest BCUT2D eigenvalue weighted by Gasteiger charge is -2.12. The number of rotatable bonds is 4. The van der Waals surface area contributed by atoms with Crippen LogP contribution in [-0.4, -0.2) is 16.2 Å². The molecule has 0 aromatic heterocycles. The Bertz CT molecular complexity index is 656. The number of nitrogens with one attached hydrogen (secondary N) is 1. The van der Waals surface area contributed by atoms with Crippen molar-refractivity contribution >= 4 is 11.7 Å². The largest absolute Gasteiger partial charge is 0.508 e. The van der Waals surface area contributed by atoms with E-state index < -0.39 is 11.8 Å². The Labute approximate surface area is 115 Å². The van der Waals surface area contributed by atoms with E-state index in [1.807, 2.05) is 0 Å². The number of benzene rings is 2. The van der Waals surface area contributed by atoms with Crippen LogP contribution in [0.25, 0.3) is 0 Å². The maximum absolute atomic E-state index is 13.1. The van der Waals surface area contributed by atoms with E-state index >= 15 is 0 Å². The highest BCUT2D eigenvalue weighted by atomic mass is 19.1. The maximum atomic E-state index is 13.1. The van der Waals surface area contributed by atoms with Gasteiger partial charge in [0.05, 0.1) is 5.56 Å². The number of phenolic OH excluding ortho intramolecular Hbond substituents is 1. The van der Waals surface area contributed by atoms with Gasteiger partial charge in [-0.1, -0.05) is 6.07 Å². The minimum atomic E-state index is -1.00. The first-order valence-electron chi connectivity index (χ1n) is 6.03. The van der Waals surface area contributed by atoms with E-state index in [9.17, 15) is 14.3 Å². The third-order valence-electron chi connectivity index (χ3n) is 3.08. The van der Waals surface area contributed by atoms with Gasteiger partial charge in [-0.2, -0.15) is 0 Å². The van der Waals surface area contributed by atoms with E-state index in [2.05, 4.69) is 5.32 Å². The van der Waals surface area contributed by atoms with Gasteiger partial charge in [0.1, 0.15) is 11.6 Å². The molecular formula is C15H14FNO3. The van der Waals surface area contributed by atoms with Crippen LogP contribution in [0, 0.1) is 12.7 Å². The molecule has 5 heteroatoms. The number of carbonyl (C=O) groups is 1. The molecule has 2 rings (SSSR count). The number of aromatic hydroxyl groups is 1. The summed E-state index contributed by atoms with van der Waals surface area (Å²) in [6.07, 6.45) is 0. The van der Waals surface area contributed by atoms with Crippen LogP contribution in [0.5, 0.6) is 5.75 Å². The summed E-state index contributed by atoms with van der Waals surface area (Å²) < 4.78 is 13.1. The molecule has 0 saturated carbocycles. The SMILES string of the molecule is Cc1c(NCc2cc(F)ccc2O)cccc1C(=O)O. The smallest absolute Gasteiger partial charge is 0.336 e. The lowest BCUT2D eigenvalue weighted by Crippen LogP contribution is -2.06. The number of carboxylic acids is 1. The predicted molar refractivity (Wildman–Crippen MR) is 73.5 cm³/mol. The molecule has 0 aliphatic rings. The van der Waals surface area contributed by atoms with Crippen LogP contribution in [0.2, 0.25) is 0 Å². The summed E-state index contributed by atoms with van der Waals surface area (Å²) in [5.74, 6) is -1.44. The van der Waals surface area contributed by atoms with Gasteiger partial charge in [-0.25, -0.2) is 9.18 Å². The normalized spacial score (nSPS) is 10.3. The average molecular weight is 275 g/mol. The van der Waals surface area contributed by atoms with Gasteiger partial charge in [-0.15, -0.1) is 0 Å². The summed E-state index contributed by atoms with van der Waals surface area (Å²) in [6.45, 7) is 1.89. The van der Waals surface area contributed by atoms with E-state index in [1.54, 1.807) is 19.1 Å². The van der Waals surface area contributed by atoms with Gasteiger partial charge in [-0.3, -0.25) is 0 Å². The first-order valence-corrected chi connectivity index (χ1v) is 6.03. The minimum absolute atomic E-state index is 0.00839. The number of carboxylic acid groups (broad SMARTS) is 1. The zero-order chi connectivity index (χ0) is 14.7. The van der Waals surface area contributed by atoms with Crippen molar-refractivity contribution in [2.45, 2.75) is 13.5 Å². The van der Waals surface area contributed by atoms with Gasteiger partial charge >= 0.3 is 5.97 Å². The minimum Gasteiger partial charge on any atom is -0.508 e. The van der Waals surface area contributed by atoms with Crippen molar-refractivity contribution in [1.82, 2.24) is 0 Å². The van der Waals surface area contributed by atoms with Crippen LogP contribution in [0.4, 0.5) is 10.1 Å². The first kappa shape index (κ1) is 13.9. The fourth-order valence-corrected chi connectivity index (χ4v) is 1.94. The molecule has 0 spiro atoms. The summed E-state index contributed by atoms with van der Waals surface area (Å²) in [7, 11) is 0. The van der Waals surface area contributed by atoms with Crippen LogP contribution >= 0.6 is 0 Å². The number of hydrogen-bond acceptors (Lipinski definition) is 3. The standard InChI is InChI=1S/C15H14FNO3/c1-9-12(15(19)20)3-2-4-13(9)17-8-10-7-11(16)5-6-14(10)18/h2-7,17-18H,8H2,1H3,(H,19,20). The molecule has 0 aliphatic heterocycles. The predicted octanol–water partition coefficient (Wildman–Crippen LogP) is 3.15. The van der Waals surface area contributed by atoms with E-state index in [1.165, 1.54) is 24.3 Å². The summed E-state index contributed by atoms with van der Waals surface area (Å²) in [5, 5.41) is 21.7. The van der Waals surface area contributed by atoms with Crippen molar-refractivity contribution in [2.75, 3.05) is 5.32 Å². The molecule has 0 amide bonds. The van der Waals surface area contributed by atoms with Gasteiger partial charge in [0.2, 0.25) is 0 Å². The topological polar surface area (TPSA) is 69.6 Å². The number of phenols is 1. The highest BCUT2D eigenvalue weighted by Gasteiger charge is 2.10. The van der Waals surface area contributed by atoms with Crippen LogP contribution in [-0.2, 0) is 6.54 Å². The van der Waals surface area contributed by atoms with E-state index in [0.717, 1.165) is 0 Å². The number of hydrogen-bond donors (Lipinski definition) is 3. The number of halogens is 1. The molecule has 2 aromatic carbocycles. The van der Waals surface area contributed by atoms with Crippen molar-refractivity contribution in [2.24, 2.45) is 0 Å². The quantitative estimate of drug-likeness (QED) is 0.801. The lowest BCUT2D eigenvalue weighted by atomic mass is 10.1. The summed E-state index contributed by atoms with van der Waals surface area (Å²) in [6, 6.07) is 8.57. The van der Waals surface area contributed by atoms with E-state index in [0.29, 0.717) is 16.8 Å². The summed E-state index contributed by atoms with van der Waals surface area (Å²) >= 11 is 0. The summed E-state index contributed by atoms with van der Waals surface area (Å²) in [4.78, 5) is 11.0. The van der Waals surface area contributed by atoms with Crippen LogP contribution in [0.1, 0.15) is 21.5 Å². The fraction of sp³-hybridized carbons (Fsp3) is 0.133. The molecule has 2 aromatic rings. The van der Waals surface area contributed by atoms with Crippen molar-refractivity contribution < 1.29 is 19.4 Å². The Morgan fingerprint density at radius 2 is 2.05 bits per heavy atom. The zero-order valence-corrected chi connectivity index (χ0v) is 10.9. The van der Waals surface area contributed by atoms with Gasteiger partial charge < -0.3 is 15.5 Å². The molecule has 20 heavy (non-hydrogen) atoms. The second-order valence-electron chi connectivity index (χ2n) is 4.41. The van der Waals surface area contributed by atoms with Crippen molar-refractivity contribution in [1.29, 1.82) is 0 Å². The van der Waals surface area contributed by atoms with Crippen LogP contribution in [0.3, 0.4) is 0 Å². The highest BCUT2D eigenvalue weighted by Crippen LogP contribution is 2.22. The third-order valence-corrected chi connectivity index (χ3v) is 3.08. The Hall–Kier alpha value is -2.56. The van der Waals surface area contributed by atoms with Crippen molar-refractivity contribution in [3.63, 3.8) is 0 Å². The molecule has 0 unspecified atom stereocenters. The van der Waals surface area contributed by atoms with Crippen molar-refractivity contribution in [3.05, 3.63) is 58.9 Å². The van der Waals surface area contributed by atoms with Crippen LogP contribution < -0.4 is 5.32 Å². The molecule has 0 radical (unpaired) electrons. The molecule has 0 fully saturated rings. The van der Waals surface area contributed by atoms with Crippen LogP contribution in [0.15, 0.2) is 36.4 Å². The molecular weight excluding hydrogens is 261 g/mol. The first-order chi connectivity index (χ1) is 9.49. The third kappa shape index (κ3) is 2.88. The highest BCUT2D eigenvalue weighted by molar-refractivity contribution is 5.91. The molecule has 0 bridgehead atoms. The van der Waals surface area contributed by atoms with Gasteiger partial charge in [0.15, 0.2) is 0 Å². The zero-order valence-electron chi connectivity index (χ0n) is 10.9. The second kappa shape index (κ2) is 5.61. The van der Waals surface area contributed by atoms with Gasteiger partial charge in [0, 0.05) is 17.8 Å². The Morgan fingerprint density at radius 1 is 1.30 bits per heavy atom. The molecule has 104 valence electrons.